The molecular formula is C19H13ClN2O2S2. The fourth-order valence-electron chi connectivity index (χ4n) is 3.05. The zero-order chi connectivity index (χ0) is 18.6. The Bertz CT molecular complexity index is 1030. The Morgan fingerprint density at radius 2 is 1.81 bits per heavy atom. The van der Waals surface area contributed by atoms with Crippen molar-refractivity contribution >= 4 is 68.7 Å². The number of halogens is 1. The number of anilines is 2. The Morgan fingerprint density at radius 3 is 2.54 bits per heavy atom. The number of amides is 2. The predicted molar refractivity (Wildman–Crippen MR) is 111 cm³/mol. The van der Waals surface area contributed by atoms with Crippen LogP contribution in [-0.4, -0.2) is 23.2 Å². The lowest BCUT2D eigenvalue weighted by molar-refractivity contribution is -0.115. The van der Waals surface area contributed by atoms with Crippen LogP contribution < -0.4 is 9.80 Å². The number of carbonyl (C=O) groups is 2. The van der Waals surface area contributed by atoms with Crippen molar-refractivity contribution in [2.75, 3.05) is 16.8 Å². The Kier molecular flexibility index (Phi) is 4.14. The molecule has 4 rings (SSSR count). The van der Waals surface area contributed by atoms with Crippen molar-refractivity contribution in [1.82, 2.24) is 0 Å². The van der Waals surface area contributed by atoms with Crippen molar-refractivity contribution < 1.29 is 9.59 Å². The predicted octanol–water partition coefficient (Wildman–Crippen LogP) is 4.40. The van der Waals surface area contributed by atoms with Gasteiger partial charge in [0.1, 0.15) is 0 Å². The van der Waals surface area contributed by atoms with Gasteiger partial charge in [0.15, 0.2) is 4.32 Å². The minimum Gasteiger partial charge on any atom is -0.311 e. The second-order valence-corrected chi connectivity index (χ2v) is 8.08. The molecule has 0 aromatic heterocycles. The van der Waals surface area contributed by atoms with E-state index < -0.39 is 0 Å². The topological polar surface area (TPSA) is 40.6 Å². The quantitative estimate of drug-likeness (QED) is 0.525. The lowest BCUT2D eigenvalue weighted by Gasteiger charge is -2.15. The molecule has 0 N–H and O–H groups in total. The number of hydrogen-bond donors (Lipinski definition) is 0. The highest BCUT2D eigenvalue weighted by Crippen LogP contribution is 2.45. The van der Waals surface area contributed by atoms with Crippen LogP contribution in [0.15, 0.2) is 47.4 Å². The summed E-state index contributed by atoms with van der Waals surface area (Å²) in [5, 5.41) is 0.561. The van der Waals surface area contributed by atoms with Crippen LogP contribution in [0.2, 0.25) is 5.02 Å². The summed E-state index contributed by atoms with van der Waals surface area (Å²) in [5.74, 6) is -0.498. The monoisotopic (exact) mass is 400 g/mol. The van der Waals surface area contributed by atoms with E-state index in [1.807, 2.05) is 37.3 Å². The summed E-state index contributed by atoms with van der Waals surface area (Å²) in [6.45, 7) is 1.89. The summed E-state index contributed by atoms with van der Waals surface area (Å²) < 4.78 is 0.386. The van der Waals surface area contributed by atoms with E-state index in [0.29, 0.717) is 25.5 Å². The van der Waals surface area contributed by atoms with Gasteiger partial charge in [-0.2, -0.15) is 0 Å². The van der Waals surface area contributed by atoms with Crippen LogP contribution in [0, 0.1) is 6.92 Å². The number of likely N-dealkylation sites (N-methyl/N-ethyl adjacent to an activating group) is 1. The van der Waals surface area contributed by atoms with Crippen LogP contribution in [0.25, 0.3) is 5.57 Å². The van der Waals surface area contributed by atoms with Crippen LogP contribution in [0.3, 0.4) is 0 Å². The molecule has 0 bridgehead atoms. The molecule has 0 aliphatic carbocycles. The maximum absolute atomic E-state index is 13.1. The molecule has 1 fully saturated rings. The largest absolute Gasteiger partial charge is 0.311 e. The Hall–Kier alpha value is -2.15. The molecule has 0 unspecified atom stereocenters. The minimum absolute atomic E-state index is 0.200. The van der Waals surface area contributed by atoms with E-state index in [0.717, 1.165) is 28.6 Å². The third-order valence-electron chi connectivity index (χ3n) is 4.46. The molecule has 4 nitrogen and oxygen atoms in total. The second kappa shape index (κ2) is 6.23. The van der Waals surface area contributed by atoms with Gasteiger partial charge in [-0.1, -0.05) is 59.8 Å². The van der Waals surface area contributed by atoms with E-state index in [1.54, 1.807) is 24.1 Å². The number of thiocarbonyl (C=S) groups is 1. The maximum atomic E-state index is 13.1. The van der Waals surface area contributed by atoms with Crippen LogP contribution in [0.4, 0.5) is 11.4 Å². The van der Waals surface area contributed by atoms with Gasteiger partial charge < -0.3 is 4.90 Å². The van der Waals surface area contributed by atoms with E-state index in [4.69, 9.17) is 23.8 Å². The number of nitrogens with zero attached hydrogens (tertiary/aromatic N) is 2. The smallest absolute Gasteiger partial charge is 0.271 e. The summed E-state index contributed by atoms with van der Waals surface area (Å²) in [4.78, 5) is 29.2. The highest BCUT2D eigenvalue weighted by Gasteiger charge is 2.41. The summed E-state index contributed by atoms with van der Waals surface area (Å²) in [7, 11) is 1.70. The number of thioether (sulfide) groups is 1. The molecule has 0 radical (unpaired) electrons. The number of carbonyl (C=O) groups excluding carboxylic acids is 2. The molecule has 130 valence electrons. The average Bonchev–Trinajstić information content (AvgIpc) is 3.04. The van der Waals surface area contributed by atoms with Crippen LogP contribution in [0.1, 0.15) is 11.1 Å². The lowest BCUT2D eigenvalue weighted by Crippen LogP contribution is -2.28. The molecule has 2 amide bonds. The molecule has 2 aromatic carbocycles. The maximum Gasteiger partial charge on any atom is 0.271 e. The van der Waals surface area contributed by atoms with Gasteiger partial charge in [0.05, 0.1) is 21.9 Å². The first-order valence-corrected chi connectivity index (χ1v) is 9.44. The fourth-order valence-corrected chi connectivity index (χ4v) is 4.60. The van der Waals surface area contributed by atoms with E-state index in [1.165, 1.54) is 4.90 Å². The molecule has 26 heavy (non-hydrogen) atoms. The highest BCUT2D eigenvalue weighted by molar-refractivity contribution is 8.27. The molecule has 0 atom stereocenters. The molecule has 2 aliphatic rings. The fraction of sp³-hybridized carbons (Fsp3) is 0.105. The minimum atomic E-state index is -0.298. The normalized spacial score (nSPS) is 19.6. The highest BCUT2D eigenvalue weighted by atomic mass is 35.5. The lowest BCUT2D eigenvalue weighted by atomic mass is 10.1. The van der Waals surface area contributed by atoms with E-state index in [-0.39, 0.29) is 11.8 Å². The van der Waals surface area contributed by atoms with E-state index in [2.05, 4.69) is 0 Å². The molecule has 2 aromatic rings. The van der Waals surface area contributed by atoms with E-state index in [9.17, 15) is 9.59 Å². The van der Waals surface area contributed by atoms with Crippen molar-refractivity contribution in [3.05, 3.63) is 63.5 Å². The van der Waals surface area contributed by atoms with Crippen molar-refractivity contribution in [2.24, 2.45) is 0 Å². The Labute approximate surface area is 165 Å². The van der Waals surface area contributed by atoms with E-state index >= 15 is 0 Å². The van der Waals surface area contributed by atoms with Crippen molar-refractivity contribution in [2.45, 2.75) is 6.92 Å². The van der Waals surface area contributed by atoms with Gasteiger partial charge in [-0.05, 0) is 30.7 Å². The second-order valence-electron chi connectivity index (χ2n) is 6.03. The Morgan fingerprint density at radius 1 is 1.08 bits per heavy atom. The van der Waals surface area contributed by atoms with Gasteiger partial charge in [0.2, 0.25) is 0 Å². The zero-order valence-electron chi connectivity index (χ0n) is 13.9. The molecule has 7 heteroatoms. The standard InChI is InChI=1S/C19H13ClN2O2S2/c1-10-7-8-11(9-13(10)20)22-18(24)16(26-19(22)25)15-12-5-3-4-6-14(12)21(2)17(15)23/h3-9H,1-2H3/b16-15+. The zero-order valence-corrected chi connectivity index (χ0v) is 16.3. The third kappa shape index (κ3) is 2.48. The number of para-hydroxylation sites is 1. The average molecular weight is 401 g/mol. The Balaban J connectivity index is 1.84. The first kappa shape index (κ1) is 17.3. The summed E-state index contributed by atoms with van der Waals surface area (Å²) >= 11 is 12.8. The van der Waals surface area contributed by atoms with Gasteiger partial charge >= 0.3 is 0 Å². The van der Waals surface area contributed by atoms with Gasteiger partial charge in [-0.15, -0.1) is 0 Å². The molecular weight excluding hydrogens is 388 g/mol. The van der Waals surface area contributed by atoms with Crippen LogP contribution in [-0.2, 0) is 9.59 Å². The number of aryl methyl sites for hydroxylation is 1. The molecule has 2 aliphatic heterocycles. The summed E-state index contributed by atoms with van der Waals surface area (Å²) in [6, 6.07) is 12.8. The van der Waals surface area contributed by atoms with Crippen molar-refractivity contribution in [1.29, 1.82) is 0 Å². The molecule has 1 saturated heterocycles. The number of rotatable bonds is 1. The van der Waals surface area contributed by atoms with Gasteiger partial charge in [-0.25, -0.2) is 0 Å². The van der Waals surface area contributed by atoms with Crippen LogP contribution >= 0.6 is 35.6 Å². The summed E-state index contributed by atoms with van der Waals surface area (Å²) in [6.07, 6.45) is 0. The number of benzene rings is 2. The molecule has 0 spiro atoms. The SMILES string of the molecule is Cc1ccc(N2C(=O)/C(=C3\C(=O)N(C)c4ccccc43)SC2=S)cc1Cl. The van der Waals surface area contributed by atoms with Gasteiger partial charge in [0.25, 0.3) is 11.8 Å². The number of hydrogen-bond acceptors (Lipinski definition) is 4. The first-order chi connectivity index (χ1) is 12.4. The molecule has 2 heterocycles. The van der Waals surface area contributed by atoms with Crippen molar-refractivity contribution in [3.8, 4) is 0 Å². The van der Waals surface area contributed by atoms with Crippen molar-refractivity contribution in [3.63, 3.8) is 0 Å². The summed E-state index contributed by atoms with van der Waals surface area (Å²) in [5.41, 5.74) is 3.46. The first-order valence-electron chi connectivity index (χ1n) is 7.84. The van der Waals surface area contributed by atoms with Crippen LogP contribution in [0.5, 0.6) is 0 Å². The molecule has 0 saturated carbocycles. The third-order valence-corrected chi connectivity index (χ3v) is 6.24. The van der Waals surface area contributed by atoms with Gasteiger partial charge in [-0.3, -0.25) is 14.5 Å². The number of fused-ring (bicyclic) bond motifs is 1. The van der Waals surface area contributed by atoms with Gasteiger partial charge in [0, 0.05) is 17.6 Å².